The van der Waals surface area contributed by atoms with Crippen LogP contribution in [-0.4, -0.2) is 62.3 Å². The van der Waals surface area contributed by atoms with Gasteiger partial charge in [-0.2, -0.15) is 5.10 Å². The number of hydrogen-bond donors (Lipinski definition) is 0. The summed E-state index contributed by atoms with van der Waals surface area (Å²) in [7, 11) is 0. The molecular formula is C20H24N6O2. The SMILES string of the molecule is Cc1cnc(CN2CCN(CCn3nc(-c4cccnc4)ccc3=O)CC2)o1. The molecule has 8 heteroatoms. The van der Waals surface area contributed by atoms with Crippen molar-refractivity contribution >= 4 is 0 Å². The van der Waals surface area contributed by atoms with Gasteiger partial charge in [0, 0.05) is 56.7 Å². The molecule has 0 atom stereocenters. The summed E-state index contributed by atoms with van der Waals surface area (Å²) in [6.07, 6.45) is 5.24. The topological polar surface area (TPSA) is 80.3 Å². The highest BCUT2D eigenvalue weighted by Crippen LogP contribution is 2.13. The quantitative estimate of drug-likeness (QED) is 0.640. The minimum Gasteiger partial charge on any atom is -0.445 e. The Labute approximate surface area is 163 Å². The molecule has 3 aromatic rings. The van der Waals surface area contributed by atoms with E-state index in [0.29, 0.717) is 6.54 Å². The molecule has 0 aliphatic carbocycles. The van der Waals surface area contributed by atoms with E-state index in [2.05, 4.69) is 24.9 Å². The zero-order valence-electron chi connectivity index (χ0n) is 16.0. The van der Waals surface area contributed by atoms with Crippen molar-refractivity contribution in [2.75, 3.05) is 32.7 Å². The van der Waals surface area contributed by atoms with Crippen LogP contribution in [0.1, 0.15) is 11.7 Å². The zero-order chi connectivity index (χ0) is 19.3. The van der Waals surface area contributed by atoms with Gasteiger partial charge in [-0.1, -0.05) is 0 Å². The number of aryl methyl sites for hydroxylation is 1. The molecular weight excluding hydrogens is 356 g/mol. The van der Waals surface area contributed by atoms with Gasteiger partial charge in [0.15, 0.2) is 0 Å². The first kappa shape index (κ1) is 18.5. The maximum atomic E-state index is 12.2. The maximum Gasteiger partial charge on any atom is 0.266 e. The Morgan fingerprint density at radius 2 is 1.86 bits per heavy atom. The molecule has 8 nitrogen and oxygen atoms in total. The number of aromatic nitrogens is 4. The van der Waals surface area contributed by atoms with Gasteiger partial charge in [0.05, 0.1) is 25.0 Å². The summed E-state index contributed by atoms with van der Waals surface area (Å²) in [6, 6.07) is 7.13. The molecule has 1 saturated heterocycles. The smallest absolute Gasteiger partial charge is 0.266 e. The first-order valence-corrected chi connectivity index (χ1v) is 9.52. The third-order valence-corrected chi connectivity index (χ3v) is 4.94. The highest BCUT2D eigenvalue weighted by Gasteiger charge is 2.18. The average molecular weight is 380 g/mol. The lowest BCUT2D eigenvalue weighted by Crippen LogP contribution is -2.47. The second-order valence-electron chi connectivity index (χ2n) is 7.00. The molecule has 0 bridgehead atoms. The van der Waals surface area contributed by atoms with E-state index in [-0.39, 0.29) is 5.56 Å². The van der Waals surface area contributed by atoms with Crippen molar-refractivity contribution in [3.63, 3.8) is 0 Å². The van der Waals surface area contributed by atoms with Gasteiger partial charge in [0.25, 0.3) is 5.56 Å². The fourth-order valence-electron chi connectivity index (χ4n) is 3.35. The fourth-order valence-corrected chi connectivity index (χ4v) is 3.35. The van der Waals surface area contributed by atoms with Crippen LogP contribution < -0.4 is 5.56 Å². The van der Waals surface area contributed by atoms with E-state index in [4.69, 9.17) is 4.42 Å². The molecule has 0 spiro atoms. The summed E-state index contributed by atoms with van der Waals surface area (Å²) < 4.78 is 7.11. The van der Waals surface area contributed by atoms with Gasteiger partial charge in [-0.05, 0) is 25.1 Å². The Morgan fingerprint density at radius 1 is 1.04 bits per heavy atom. The van der Waals surface area contributed by atoms with Crippen LogP contribution in [0.3, 0.4) is 0 Å². The molecule has 0 unspecified atom stereocenters. The van der Waals surface area contributed by atoms with E-state index in [1.54, 1.807) is 35.4 Å². The van der Waals surface area contributed by atoms with Crippen LogP contribution in [0.25, 0.3) is 11.3 Å². The summed E-state index contributed by atoms with van der Waals surface area (Å²) >= 11 is 0. The predicted molar refractivity (Wildman–Crippen MR) is 105 cm³/mol. The molecule has 28 heavy (non-hydrogen) atoms. The second kappa shape index (κ2) is 8.45. The number of hydrogen-bond acceptors (Lipinski definition) is 7. The van der Waals surface area contributed by atoms with Crippen LogP contribution in [0.5, 0.6) is 0 Å². The van der Waals surface area contributed by atoms with E-state index in [1.165, 1.54) is 0 Å². The van der Waals surface area contributed by atoms with Crippen molar-refractivity contribution in [2.45, 2.75) is 20.0 Å². The van der Waals surface area contributed by atoms with Gasteiger partial charge >= 0.3 is 0 Å². The van der Waals surface area contributed by atoms with Gasteiger partial charge < -0.3 is 4.42 Å². The molecule has 1 aliphatic heterocycles. The van der Waals surface area contributed by atoms with Crippen molar-refractivity contribution in [2.24, 2.45) is 0 Å². The molecule has 0 saturated carbocycles. The summed E-state index contributed by atoms with van der Waals surface area (Å²) in [5.41, 5.74) is 1.59. The van der Waals surface area contributed by atoms with E-state index in [0.717, 1.165) is 62.2 Å². The number of pyridine rings is 1. The van der Waals surface area contributed by atoms with E-state index >= 15 is 0 Å². The van der Waals surface area contributed by atoms with Crippen LogP contribution in [-0.2, 0) is 13.1 Å². The Kier molecular flexibility index (Phi) is 5.59. The first-order valence-electron chi connectivity index (χ1n) is 9.52. The zero-order valence-corrected chi connectivity index (χ0v) is 16.0. The van der Waals surface area contributed by atoms with Crippen LogP contribution in [0.2, 0.25) is 0 Å². The second-order valence-corrected chi connectivity index (χ2v) is 7.00. The van der Waals surface area contributed by atoms with Crippen molar-refractivity contribution in [3.8, 4) is 11.3 Å². The van der Waals surface area contributed by atoms with E-state index in [9.17, 15) is 4.79 Å². The summed E-state index contributed by atoms with van der Waals surface area (Å²) in [5.74, 6) is 1.62. The van der Waals surface area contributed by atoms with Crippen molar-refractivity contribution in [1.82, 2.24) is 29.5 Å². The Bertz CT molecular complexity index is 960. The third kappa shape index (κ3) is 4.52. The van der Waals surface area contributed by atoms with Crippen LogP contribution in [0.4, 0.5) is 0 Å². The molecule has 0 radical (unpaired) electrons. The molecule has 1 fully saturated rings. The van der Waals surface area contributed by atoms with Gasteiger partial charge in [0.2, 0.25) is 5.89 Å². The monoisotopic (exact) mass is 380 g/mol. The number of piperazine rings is 1. The largest absolute Gasteiger partial charge is 0.445 e. The molecule has 0 amide bonds. The third-order valence-electron chi connectivity index (χ3n) is 4.94. The minimum atomic E-state index is -0.0782. The van der Waals surface area contributed by atoms with E-state index < -0.39 is 0 Å². The lowest BCUT2D eigenvalue weighted by atomic mass is 10.2. The van der Waals surface area contributed by atoms with E-state index in [1.807, 2.05) is 19.1 Å². The Balaban J connectivity index is 1.31. The highest BCUT2D eigenvalue weighted by atomic mass is 16.4. The van der Waals surface area contributed by atoms with Crippen molar-refractivity contribution in [3.05, 3.63) is 64.9 Å². The van der Waals surface area contributed by atoms with Crippen LogP contribution in [0.15, 0.2) is 52.1 Å². The Hall–Kier alpha value is -2.84. The van der Waals surface area contributed by atoms with Crippen molar-refractivity contribution in [1.29, 1.82) is 0 Å². The lowest BCUT2D eigenvalue weighted by molar-refractivity contribution is 0.115. The van der Waals surface area contributed by atoms with Gasteiger partial charge in [-0.3, -0.25) is 19.6 Å². The standard InChI is InChI=1S/C20H24N6O2/c1-16-13-22-19(28-16)15-25-9-7-24(8-10-25)11-12-26-20(27)5-4-18(23-26)17-3-2-6-21-14-17/h2-6,13-14H,7-12,15H2,1H3. The highest BCUT2D eigenvalue weighted by molar-refractivity contribution is 5.56. The van der Waals surface area contributed by atoms with Gasteiger partial charge in [0.1, 0.15) is 5.76 Å². The minimum absolute atomic E-state index is 0.0782. The molecule has 4 rings (SSSR count). The molecule has 4 heterocycles. The summed E-state index contributed by atoms with van der Waals surface area (Å²) in [6.45, 7) is 7.86. The summed E-state index contributed by atoms with van der Waals surface area (Å²) in [5, 5.41) is 4.51. The number of nitrogens with zero attached hydrogens (tertiary/aromatic N) is 6. The van der Waals surface area contributed by atoms with Crippen LogP contribution >= 0.6 is 0 Å². The predicted octanol–water partition coefficient (Wildman–Crippen LogP) is 1.42. The number of oxazole rings is 1. The maximum absolute atomic E-state index is 12.2. The summed E-state index contributed by atoms with van der Waals surface area (Å²) in [4.78, 5) is 25.3. The Morgan fingerprint density at radius 3 is 2.57 bits per heavy atom. The average Bonchev–Trinajstić information content (AvgIpc) is 3.14. The normalized spacial score (nSPS) is 15.8. The van der Waals surface area contributed by atoms with Crippen molar-refractivity contribution < 1.29 is 4.42 Å². The lowest BCUT2D eigenvalue weighted by Gasteiger charge is -2.33. The molecule has 0 N–H and O–H groups in total. The molecule has 1 aliphatic rings. The fraction of sp³-hybridized carbons (Fsp3) is 0.400. The first-order chi connectivity index (χ1) is 13.7. The number of rotatable bonds is 6. The van der Waals surface area contributed by atoms with Crippen LogP contribution in [0, 0.1) is 6.92 Å². The van der Waals surface area contributed by atoms with Gasteiger partial charge in [-0.25, -0.2) is 9.67 Å². The molecule has 146 valence electrons. The molecule has 3 aromatic heterocycles. The molecule has 0 aromatic carbocycles. The van der Waals surface area contributed by atoms with Gasteiger partial charge in [-0.15, -0.1) is 0 Å².